The normalized spacial score (nSPS) is 15.0. The molecule has 2 heterocycles. The molecule has 0 radical (unpaired) electrons. The van der Waals surface area contributed by atoms with Gasteiger partial charge in [0.15, 0.2) is 0 Å². The summed E-state index contributed by atoms with van der Waals surface area (Å²) in [5.74, 6) is 1.57. The van der Waals surface area contributed by atoms with Crippen LogP contribution in [0, 0.1) is 6.92 Å². The van der Waals surface area contributed by atoms with Crippen molar-refractivity contribution in [2.75, 3.05) is 45.2 Å². The number of amides is 1. The first kappa shape index (κ1) is 19.9. The van der Waals surface area contributed by atoms with Crippen molar-refractivity contribution in [1.29, 1.82) is 0 Å². The number of benzene rings is 1. The van der Waals surface area contributed by atoms with E-state index < -0.39 is 0 Å². The Balaban J connectivity index is 1.63. The Kier molecular flexibility index (Phi) is 6.66. The van der Waals surface area contributed by atoms with Crippen LogP contribution in [0.2, 0.25) is 0 Å². The van der Waals surface area contributed by atoms with Gasteiger partial charge in [-0.15, -0.1) is 0 Å². The minimum absolute atomic E-state index is 0.142. The highest BCUT2D eigenvalue weighted by molar-refractivity contribution is 5.92. The number of anilines is 1. The maximum absolute atomic E-state index is 12.3. The number of methoxy groups -OCH3 is 1. The molecule has 1 N–H and O–H groups in total. The number of aromatic nitrogens is 1. The number of hydrogen-bond donors (Lipinski definition) is 1. The molecular weight excluding hydrogens is 352 g/mol. The predicted octanol–water partition coefficient (Wildman–Crippen LogP) is 2.48. The molecule has 28 heavy (non-hydrogen) atoms. The van der Waals surface area contributed by atoms with Crippen molar-refractivity contribution in [2.45, 2.75) is 13.5 Å². The lowest BCUT2D eigenvalue weighted by atomic mass is 10.1. The van der Waals surface area contributed by atoms with Crippen LogP contribution < -0.4 is 15.0 Å². The van der Waals surface area contributed by atoms with E-state index in [0.717, 1.165) is 54.4 Å². The molecule has 1 aliphatic rings. The van der Waals surface area contributed by atoms with Gasteiger partial charge in [0.1, 0.15) is 11.6 Å². The van der Waals surface area contributed by atoms with E-state index in [9.17, 15) is 4.79 Å². The molecule has 3 rings (SSSR count). The van der Waals surface area contributed by atoms with Gasteiger partial charge in [0.25, 0.3) is 0 Å². The van der Waals surface area contributed by atoms with Gasteiger partial charge in [-0.1, -0.05) is 17.7 Å². The van der Waals surface area contributed by atoms with Gasteiger partial charge in [0, 0.05) is 56.1 Å². The molecule has 1 aromatic carbocycles. The van der Waals surface area contributed by atoms with Crippen molar-refractivity contribution in [3.05, 3.63) is 59.3 Å². The molecule has 0 spiro atoms. The number of carbonyl (C=O) groups excluding carboxylic acids is 1. The Labute approximate surface area is 166 Å². The highest BCUT2D eigenvalue weighted by Crippen LogP contribution is 2.21. The van der Waals surface area contributed by atoms with Gasteiger partial charge in [-0.2, -0.15) is 0 Å². The maximum Gasteiger partial charge on any atom is 0.244 e. The van der Waals surface area contributed by atoms with Gasteiger partial charge in [0.05, 0.1) is 7.11 Å². The fraction of sp³-hybridized carbons (Fsp3) is 0.364. The van der Waals surface area contributed by atoms with Crippen molar-refractivity contribution in [2.24, 2.45) is 0 Å². The lowest BCUT2D eigenvalue weighted by molar-refractivity contribution is -0.116. The van der Waals surface area contributed by atoms with Gasteiger partial charge in [-0.3, -0.25) is 4.79 Å². The van der Waals surface area contributed by atoms with Gasteiger partial charge in [-0.25, -0.2) is 4.98 Å². The SMILES string of the molecule is COc1ccc(C)cc1/C=C/C(=O)NCc1cccnc1N1CCN(C)CC1. The Bertz CT molecular complexity index is 842. The maximum atomic E-state index is 12.3. The molecule has 1 aromatic heterocycles. The summed E-state index contributed by atoms with van der Waals surface area (Å²) < 4.78 is 5.35. The molecule has 0 unspecified atom stereocenters. The van der Waals surface area contributed by atoms with Crippen LogP contribution in [0.3, 0.4) is 0 Å². The highest BCUT2D eigenvalue weighted by Gasteiger charge is 2.17. The summed E-state index contributed by atoms with van der Waals surface area (Å²) in [6.07, 6.45) is 5.14. The minimum atomic E-state index is -0.142. The summed E-state index contributed by atoms with van der Waals surface area (Å²) in [4.78, 5) is 21.5. The molecule has 6 nitrogen and oxygen atoms in total. The number of aryl methyl sites for hydroxylation is 1. The standard InChI is InChI=1S/C22H28N4O2/c1-17-6-8-20(28-3)18(15-17)7-9-21(27)24-16-19-5-4-10-23-22(19)26-13-11-25(2)12-14-26/h4-10,15H,11-14,16H2,1-3H3,(H,24,27)/b9-7+. The third kappa shape index (κ3) is 5.10. The van der Waals surface area contributed by atoms with E-state index in [4.69, 9.17) is 4.74 Å². The lowest BCUT2D eigenvalue weighted by Crippen LogP contribution is -2.45. The number of carbonyl (C=O) groups is 1. The quantitative estimate of drug-likeness (QED) is 0.781. The van der Waals surface area contributed by atoms with Crippen molar-refractivity contribution in [3.63, 3.8) is 0 Å². The van der Waals surface area contributed by atoms with E-state index in [1.165, 1.54) is 0 Å². The Morgan fingerprint density at radius 3 is 2.79 bits per heavy atom. The van der Waals surface area contributed by atoms with Crippen LogP contribution in [0.1, 0.15) is 16.7 Å². The lowest BCUT2D eigenvalue weighted by Gasteiger charge is -2.34. The Morgan fingerprint density at radius 2 is 2.04 bits per heavy atom. The van der Waals surface area contributed by atoms with E-state index in [-0.39, 0.29) is 5.91 Å². The second-order valence-corrected chi connectivity index (χ2v) is 7.07. The van der Waals surface area contributed by atoms with Crippen LogP contribution in [0.5, 0.6) is 5.75 Å². The first-order valence-electron chi connectivity index (χ1n) is 9.55. The average Bonchev–Trinajstić information content (AvgIpc) is 2.71. The smallest absolute Gasteiger partial charge is 0.244 e. The van der Waals surface area contributed by atoms with Crippen molar-refractivity contribution in [1.82, 2.24) is 15.2 Å². The molecular formula is C22H28N4O2. The molecule has 1 amide bonds. The van der Waals surface area contributed by atoms with E-state index in [0.29, 0.717) is 6.54 Å². The number of hydrogen-bond acceptors (Lipinski definition) is 5. The zero-order chi connectivity index (χ0) is 19.9. The number of nitrogens with zero attached hydrogens (tertiary/aromatic N) is 3. The molecule has 148 valence electrons. The molecule has 6 heteroatoms. The summed E-state index contributed by atoms with van der Waals surface area (Å²) in [6.45, 7) is 6.39. The van der Waals surface area contributed by atoms with E-state index in [2.05, 4.69) is 27.1 Å². The molecule has 2 aromatic rings. The number of ether oxygens (including phenoxy) is 1. The van der Waals surface area contributed by atoms with Gasteiger partial charge in [0.2, 0.25) is 5.91 Å². The van der Waals surface area contributed by atoms with Crippen LogP contribution in [0.15, 0.2) is 42.6 Å². The summed E-state index contributed by atoms with van der Waals surface area (Å²) in [5.41, 5.74) is 3.03. The Hall–Kier alpha value is -2.86. The van der Waals surface area contributed by atoms with Gasteiger partial charge >= 0.3 is 0 Å². The Morgan fingerprint density at radius 1 is 1.25 bits per heavy atom. The first-order valence-corrected chi connectivity index (χ1v) is 9.55. The summed E-state index contributed by atoms with van der Waals surface area (Å²) in [5, 5.41) is 2.97. The largest absolute Gasteiger partial charge is 0.496 e. The molecule has 1 aliphatic heterocycles. The number of piperazine rings is 1. The molecule has 0 atom stereocenters. The summed E-state index contributed by atoms with van der Waals surface area (Å²) >= 11 is 0. The van der Waals surface area contributed by atoms with Crippen molar-refractivity contribution < 1.29 is 9.53 Å². The van der Waals surface area contributed by atoms with Crippen LogP contribution in [0.25, 0.3) is 6.08 Å². The van der Waals surface area contributed by atoms with Crippen molar-refractivity contribution >= 4 is 17.8 Å². The fourth-order valence-electron chi connectivity index (χ4n) is 3.26. The first-order chi connectivity index (χ1) is 13.6. The average molecular weight is 380 g/mol. The second-order valence-electron chi connectivity index (χ2n) is 7.07. The molecule has 1 saturated heterocycles. The zero-order valence-electron chi connectivity index (χ0n) is 16.8. The number of nitrogens with one attached hydrogen (secondary N) is 1. The molecule has 1 fully saturated rings. The third-order valence-corrected chi connectivity index (χ3v) is 4.92. The van der Waals surface area contributed by atoms with Gasteiger partial charge in [-0.05, 0) is 38.2 Å². The molecule has 0 saturated carbocycles. The monoisotopic (exact) mass is 380 g/mol. The third-order valence-electron chi connectivity index (χ3n) is 4.92. The predicted molar refractivity (Wildman–Crippen MR) is 113 cm³/mol. The summed E-state index contributed by atoms with van der Waals surface area (Å²) in [7, 11) is 3.76. The summed E-state index contributed by atoms with van der Waals surface area (Å²) in [6, 6.07) is 9.82. The van der Waals surface area contributed by atoms with Crippen LogP contribution >= 0.6 is 0 Å². The van der Waals surface area contributed by atoms with E-state index in [1.807, 2.05) is 43.5 Å². The highest BCUT2D eigenvalue weighted by atomic mass is 16.5. The molecule has 0 bridgehead atoms. The number of pyridine rings is 1. The minimum Gasteiger partial charge on any atom is -0.496 e. The van der Waals surface area contributed by atoms with Crippen LogP contribution in [-0.4, -0.2) is 56.1 Å². The van der Waals surface area contributed by atoms with Gasteiger partial charge < -0.3 is 19.9 Å². The molecule has 0 aliphatic carbocycles. The van der Waals surface area contributed by atoms with Crippen LogP contribution in [0.4, 0.5) is 5.82 Å². The fourth-order valence-corrected chi connectivity index (χ4v) is 3.26. The van der Waals surface area contributed by atoms with E-state index in [1.54, 1.807) is 19.3 Å². The second kappa shape index (κ2) is 9.37. The topological polar surface area (TPSA) is 57.7 Å². The van der Waals surface area contributed by atoms with Crippen LogP contribution in [-0.2, 0) is 11.3 Å². The van der Waals surface area contributed by atoms with E-state index >= 15 is 0 Å². The zero-order valence-corrected chi connectivity index (χ0v) is 16.8. The number of likely N-dealkylation sites (N-methyl/N-ethyl adjacent to an activating group) is 1. The number of rotatable bonds is 6. The van der Waals surface area contributed by atoms with Crippen molar-refractivity contribution in [3.8, 4) is 5.75 Å².